The van der Waals surface area contributed by atoms with Crippen LogP contribution < -0.4 is 0 Å². The van der Waals surface area contributed by atoms with E-state index in [2.05, 4.69) is 38.1 Å². The number of benzene rings is 2. The highest BCUT2D eigenvalue weighted by atomic mass is 16.1. The molecule has 2 aromatic carbocycles. The lowest BCUT2D eigenvalue weighted by Crippen LogP contribution is -2.32. The summed E-state index contributed by atoms with van der Waals surface area (Å²) in [5.41, 5.74) is 4.23. The molecule has 3 rings (SSSR count). The molecule has 1 aliphatic rings. The number of aryl methyl sites for hydroxylation is 1. The lowest BCUT2D eigenvalue weighted by atomic mass is 9.63. The van der Waals surface area contributed by atoms with Gasteiger partial charge in [0.1, 0.15) is 0 Å². The molecule has 2 aromatic rings. The monoisotopic (exact) mass is 404 g/mol. The van der Waals surface area contributed by atoms with E-state index >= 15 is 0 Å². The number of hydrogen-bond donors (Lipinski definition) is 0. The largest absolute Gasteiger partial charge is 0.294 e. The summed E-state index contributed by atoms with van der Waals surface area (Å²) in [7, 11) is 0. The van der Waals surface area contributed by atoms with Crippen LogP contribution in [0.1, 0.15) is 106 Å². The van der Waals surface area contributed by atoms with Gasteiger partial charge in [0.15, 0.2) is 5.78 Å². The molecule has 1 saturated carbocycles. The summed E-state index contributed by atoms with van der Waals surface area (Å²) in [5.74, 6) is 0.860. The molecule has 0 aliphatic heterocycles. The van der Waals surface area contributed by atoms with Gasteiger partial charge in [0, 0.05) is 12.0 Å². The normalized spacial score (nSPS) is 21.5. The van der Waals surface area contributed by atoms with Crippen LogP contribution in [0.15, 0.2) is 54.6 Å². The van der Waals surface area contributed by atoms with Crippen molar-refractivity contribution in [3.63, 3.8) is 0 Å². The van der Waals surface area contributed by atoms with Gasteiger partial charge >= 0.3 is 0 Å². The van der Waals surface area contributed by atoms with E-state index in [1.54, 1.807) is 5.56 Å². The van der Waals surface area contributed by atoms with Crippen LogP contribution in [0.3, 0.4) is 0 Å². The highest BCUT2D eigenvalue weighted by molar-refractivity contribution is 5.96. The number of unbranched alkanes of at least 4 members (excludes halogenated alkanes) is 3. The van der Waals surface area contributed by atoms with Gasteiger partial charge in [-0.2, -0.15) is 0 Å². The first-order valence-electron chi connectivity index (χ1n) is 12.3. The van der Waals surface area contributed by atoms with Gasteiger partial charge in [0.05, 0.1) is 0 Å². The standard InChI is InChI=1S/C29H40O/c1-3-5-8-11-24-14-16-27(17-15-24)29(20-6-4-2)21-18-25(19-22-29)23-28(30)26-12-9-7-10-13-26/h7,9-10,12-17,25H,3-6,8,11,18-23H2,1-2H3. The Morgan fingerprint density at radius 1 is 0.867 bits per heavy atom. The van der Waals surface area contributed by atoms with E-state index in [9.17, 15) is 4.79 Å². The molecule has 1 nitrogen and oxygen atoms in total. The average Bonchev–Trinajstić information content (AvgIpc) is 2.80. The Kier molecular flexibility index (Phi) is 8.73. The van der Waals surface area contributed by atoms with Gasteiger partial charge < -0.3 is 0 Å². The Hall–Kier alpha value is -1.89. The third kappa shape index (κ3) is 6.06. The van der Waals surface area contributed by atoms with Crippen molar-refractivity contribution in [2.24, 2.45) is 5.92 Å². The van der Waals surface area contributed by atoms with Gasteiger partial charge in [-0.15, -0.1) is 0 Å². The van der Waals surface area contributed by atoms with Crippen LogP contribution in [0.5, 0.6) is 0 Å². The molecule has 0 atom stereocenters. The summed E-state index contributed by atoms with van der Waals surface area (Å²) in [6, 6.07) is 19.4. The van der Waals surface area contributed by atoms with Crippen molar-refractivity contribution >= 4 is 5.78 Å². The Bertz CT molecular complexity index is 751. The third-order valence-corrected chi connectivity index (χ3v) is 7.28. The third-order valence-electron chi connectivity index (χ3n) is 7.28. The Morgan fingerprint density at radius 2 is 1.53 bits per heavy atom. The zero-order valence-corrected chi connectivity index (χ0v) is 19.2. The SMILES string of the molecule is CCCCCc1ccc(C2(CCCC)CCC(CC(=O)c3ccccc3)CC2)cc1. The molecule has 0 aromatic heterocycles. The van der Waals surface area contributed by atoms with Gasteiger partial charge in [-0.05, 0) is 67.4 Å². The maximum absolute atomic E-state index is 12.7. The van der Waals surface area contributed by atoms with Crippen LogP contribution in [0.2, 0.25) is 0 Å². The van der Waals surface area contributed by atoms with E-state index in [1.807, 2.05) is 30.3 Å². The fraction of sp³-hybridized carbons (Fsp3) is 0.552. The maximum atomic E-state index is 12.7. The van der Waals surface area contributed by atoms with E-state index in [4.69, 9.17) is 0 Å². The molecule has 0 bridgehead atoms. The molecule has 0 N–H and O–H groups in total. The summed E-state index contributed by atoms with van der Waals surface area (Å²) in [5, 5.41) is 0. The summed E-state index contributed by atoms with van der Waals surface area (Å²) in [4.78, 5) is 12.7. The molecule has 0 unspecified atom stereocenters. The van der Waals surface area contributed by atoms with Crippen molar-refractivity contribution in [2.75, 3.05) is 0 Å². The lowest BCUT2D eigenvalue weighted by Gasteiger charge is -2.41. The summed E-state index contributed by atoms with van der Waals surface area (Å²) >= 11 is 0. The second-order valence-electron chi connectivity index (χ2n) is 9.47. The highest BCUT2D eigenvalue weighted by Gasteiger charge is 2.36. The topological polar surface area (TPSA) is 17.1 Å². The van der Waals surface area contributed by atoms with E-state index in [0.717, 1.165) is 5.56 Å². The molecule has 1 fully saturated rings. The van der Waals surface area contributed by atoms with Crippen molar-refractivity contribution in [3.05, 3.63) is 71.3 Å². The van der Waals surface area contributed by atoms with Crippen LogP contribution >= 0.6 is 0 Å². The number of Topliss-reactive ketones (excluding diaryl/α,β-unsaturated/α-hetero) is 1. The summed E-state index contributed by atoms with van der Waals surface area (Å²) < 4.78 is 0. The minimum Gasteiger partial charge on any atom is -0.294 e. The van der Waals surface area contributed by atoms with E-state index in [1.165, 1.54) is 76.2 Å². The molecule has 1 heteroatoms. The van der Waals surface area contributed by atoms with E-state index < -0.39 is 0 Å². The average molecular weight is 405 g/mol. The van der Waals surface area contributed by atoms with Gasteiger partial charge in [0.2, 0.25) is 0 Å². The zero-order valence-electron chi connectivity index (χ0n) is 19.2. The molecule has 162 valence electrons. The van der Waals surface area contributed by atoms with Crippen LogP contribution in [0, 0.1) is 5.92 Å². The second kappa shape index (κ2) is 11.5. The van der Waals surface area contributed by atoms with Crippen LogP contribution in [0.25, 0.3) is 0 Å². The van der Waals surface area contributed by atoms with Crippen molar-refractivity contribution in [1.82, 2.24) is 0 Å². The van der Waals surface area contributed by atoms with Crippen LogP contribution in [0.4, 0.5) is 0 Å². The number of rotatable bonds is 11. The number of carbonyl (C=O) groups is 1. The summed E-state index contributed by atoms with van der Waals surface area (Å²) in [6.07, 6.45) is 14.5. The predicted octanol–water partition coefficient (Wildman–Crippen LogP) is 8.31. The number of hydrogen-bond acceptors (Lipinski definition) is 1. The first kappa shape index (κ1) is 22.8. The van der Waals surface area contributed by atoms with Crippen molar-refractivity contribution in [3.8, 4) is 0 Å². The van der Waals surface area contributed by atoms with Gasteiger partial charge in [-0.1, -0.05) is 94.1 Å². The molecule has 1 aliphatic carbocycles. The Labute approximate surface area is 184 Å². The zero-order chi connectivity index (χ0) is 21.2. The van der Waals surface area contributed by atoms with Crippen LogP contribution in [-0.2, 0) is 11.8 Å². The van der Waals surface area contributed by atoms with E-state index in [-0.39, 0.29) is 0 Å². The van der Waals surface area contributed by atoms with Crippen molar-refractivity contribution in [2.45, 2.75) is 96.3 Å². The van der Waals surface area contributed by atoms with E-state index in [0.29, 0.717) is 23.5 Å². The minimum atomic E-state index is 0.318. The second-order valence-corrected chi connectivity index (χ2v) is 9.47. The van der Waals surface area contributed by atoms with Crippen molar-refractivity contribution in [1.29, 1.82) is 0 Å². The lowest BCUT2D eigenvalue weighted by molar-refractivity contribution is 0.0934. The molecule has 30 heavy (non-hydrogen) atoms. The quantitative estimate of drug-likeness (QED) is 0.272. The smallest absolute Gasteiger partial charge is 0.163 e. The fourth-order valence-electron chi connectivity index (χ4n) is 5.24. The highest BCUT2D eigenvalue weighted by Crippen LogP contribution is 2.46. The van der Waals surface area contributed by atoms with Crippen LogP contribution in [-0.4, -0.2) is 5.78 Å². The molecule has 0 radical (unpaired) electrons. The minimum absolute atomic E-state index is 0.318. The Balaban J connectivity index is 1.63. The number of ketones is 1. The van der Waals surface area contributed by atoms with Gasteiger partial charge in [-0.3, -0.25) is 4.79 Å². The molecular formula is C29H40O. The molecular weight excluding hydrogens is 364 g/mol. The fourth-order valence-corrected chi connectivity index (χ4v) is 5.24. The molecule has 0 heterocycles. The van der Waals surface area contributed by atoms with Crippen molar-refractivity contribution < 1.29 is 4.79 Å². The predicted molar refractivity (Wildman–Crippen MR) is 128 cm³/mol. The molecule has 0 spiro atoms. The first-order chi connectivity index (χ1) is 14.7. The molecule has 0 saturated heterocycles. The first-order valence-corrected chi connectivity index (χ1v) is 12.3. The number of carbonyl (C=O) groups excluding carboxylic acids is 1. The van der Waals surface area contributed by atoms with Gasteiger partial charge in [0.25, 0.3) is 0 Å². The van der Waals surface area contributed by atoms with Gasteiger partial charge in [-0.25, -0.2) is 0 Å². The molecule has 0 amide bonds. The maximum Gasteiger partial charge on any atom is 0.163 e. The summed E-state index contributed by atoms with van der Waals surface area (Å²) in [6.45, 7) is 4.57. The Morgan fingerprint density at radius 3 is 2.17 bits per heavy atom.